The number of likely N-dealkylation sites (tertiary alicyclic amines) is 1. The number of hydrogen-bond donors (Lipinski definition) is 1. The molecule has 1 aliphatic heterocycles. The van der Waals surface area contributed by atoms with Crippen molar-refractivity contribution in [2.75, 3.05) is 20.1 Å². The van der Waals surface area contributed by atoms with Gasteiger partial charge in [0.05, 0.1) is 5.41 Å². The second-order valence-corrected chi connectivity index (χ2v) is 7.75. The van der Waals surface area contributed by atoms with Crippen LogP contribution in [0.4, 0.5) is 0 Å². The van der Waals surface area contributed by atoms with Crippen LogP contribution in [-0.4, -0.2) is 41.8 Å². The highest BCUT2D eigenvalue weighted by Gasteiger charge is 2.46. The van der Waals surface area contributed by atoms with Crippen LogP contribution in [0.2, 0.25) is 0 Å². The molecule has 152 valence electrons. The molecule has 0 unspecified atom stereocenters. The summed E-state index contributed by atoms with van der Waals surface area (Å²) in [5, 5.41) is 2.83. The predicted octanol–water partition coefficient (Wildman–Crippen LogP) is 3.57. The van der Waals surface area contributed by atoms with E-state index in [1.54, 1.807) is 36.3 Å². The molecule has 2 aromatic carbocycles. The number of carbonyl (C=O) groups excluding carboxylic acids is 2. The van der Waals surface area contributed by atoms with Crippen LogP contribution in [0.5, 0.6) is 0 Å². The fraction of sp³-hybridized carbons (Fsp3) is 0.240. The Hall–Kier alpha value is -3.47. The zero-order valence-corrected chi connectivity index (χ0v) is 17.0. The molecule has 5 nitrogen and oxygen atoms in total. The van der Waals surface area contributed by atoms with Crippen LogP contribution in [0.15, 0.2) is 79.0 Å². The highest BCUT2D eigenvalue weighted by molar-refractivity contribution is 5.94. The Labute approximate surface area is 176 Å². The summed E-state index contributed by atoms with van der Waals surface area (Å²) in [5.74, 6) is -0.153. The Morgan fingerprint density at radius 3 is 2.47 bits per heavy atom. The van der Waals surface area contributed by atoms with Gasteiger partial charge in [-0.15, -0.1) is 0 Å². The number of hydrogen-bond acceptors (Lipinski definition) is 3. The van der Waals surface area contributed by atoms with Crippen LogP contribution in [0, 0.1) is 5.41 Å². The second kappa shape index (κ2) is 8.49. The van der Waals surface area contributed by atoms with E-state index in [0.29, 0.717) is 31.6 Å². The quantitative estimate of drug-likeness (QED) is 0.713. The Morgan fingerprint density at radius 1 is 1.00 bits per heavy atom. The number of benzene rings is 2. The molecule has 0 bridgehead atoms. The number of nitrogens with zero attached hydrogens (tertiary/aromatic N) is 2. The van der Waals surface area contributed by atoms with Crippen LogP contribution in [-0.2, 0) is 11.2 Å². The summed E-state index contributed by atoms with van der Waals surface area (Å²) < 4.78 is 0. The first kappa shape index (κ1) is 19.8. The highest BCUT2D eigenvalue weighted by Crippen LogP contribution is 2.38. The molecule has 1 aromatic heterocycles. The summed E-state index contributed by atoms with van der Waals surface area (Å²) in [7, 11) is 1.66. The molecule has 0 spiro atoms. The third kappa shape index (κ3) is 3.83. The molecular formula is C25H25N3O2. The van der Waals surface area contributed by atoms with Gasteiger partial charge in [0.1, 0.15) is 5.69 Å². The summed E-state index contributed by atoms with van der Waals surface area (Å²) >= 11 is 0. The van der Waals surface area contributed by atoms with Crippen LogP contribution in [0.1, 0.15) is 22.5 Å². The summed E-state index contributed by atoms with van der Waals surface area (Å²) in [6.45, 7) is 0.918. The lowest BCUT2D eigenvalue weighted by Crippen LogP contribution is -2.44. The smallest absolute Gasteiger partial charge is 0.272 e. The van der Waals surface area contributed by atoms with Crippen molar-refractivity contribution in [3.05, 3.63) is 90.3 Å². The van der Waals surface area contributed by atoms with Gasteiger partial charge in [-0.2, -0.15) is 0 Å². The zero-order valence-electron chi connectivity index (χ0n) is 17.0. The fourth-order valence-electron chi connectivity index (χ4n) is 4.31. The highest BCUT2D eigenvalue weighted by atomic mass is 16.2. The minimum atomic E-state index is -0.663. The van der Waals surface area contributed by atoms with Crippen LogP contribution in [0.3, 0.4) is 0 Å². The van der Waals surface area contributed by atoms with Gasteiger partial charge in [0.2, 0.25) is 5.91 Å². The average molecular weight is 399 g/mol. The first-order valence-electron chi connectivity index (χ1n) is 10.2. The Kier molecular flexibility index (Phi) is 5.61. The molecule has 1 fully saturated rings. The molecular weight excluding hydrogens is 374 g/mol. The van der Waals surface area contributed by atoms with Crippen molar-refractivity contribution in [2.24, 2.45) is 5.41 Å². The molecule has 1 saturated heterocycles. The molecule has 1 atom stereocenters. The second-order valence-electron chi connectivity index (χ2n) is 7.75. The zero-order chi connectivity index (χ0) is 21.0. The van der Waals surface area contributed by atoms with Crippen molar-refractivity contribution in [1.29, 1.82) is 0 Å². The van der Waals surface area contributed by atoms with Crippen molar-refractivity contribution < 1.29 is 9.59 Å². The summed E-state index contributed by atoms with van der Waals surface area (Å²) in [5.41, 5.74) is 3.11. The van der Waals surface area contributed by atoms with Crippen molar-refractivity contribution in [1.82, 2.24) is 15.2 Å². The van der Waals surface area contributed by atoms with E-state index in [2.05, 4.69) is 34.6 Å². The molecule has 2 amide bonds. The van der Waals surface area contributed by atoms with Gasteiger partial charge in [0.25, 0.3) is 5.91 Å². The van der Waals surface area contributed by atoms with Gasteiger partial charge >= 0.3 is 0 Å². The van der Waals surface area contributed by atoms with E-state index in [9.17, 15) is 9.59 Å². The van der Waals surface area contributed by atoms with E-state index < -0.39 is 5.41 Å². The number of amides is 2. The average Bonchev–Trinajstić information content (AvgIpc) is 3.24. The van der Waals surface area contributed by atoms with Crippen molar-refractivity contribution >= 4 is 11.8 Å². The number of rotatable bonds is 5. The van der Waals surface area contributed by atoms with Crippen LogP contribution in [0.25, 0.3) is 11.1 Å². The van der Waals surface area contributed by atoms with Crippen molar-refractivity contribution in [3.8, 4) is 11.1 Å². The summed E-state index contributed by atoms with van der Waals surface area (Å²) in [6.07, 6.45) is 2.81. The van der Waals surface area contributed by atoms with E-state index in [1.165, 1.54) is 0 Å². The lowest BCUT2D eigenvalue weighted by molar-refractivity contribution is -0.129. The van der Waals surface area contributed by atoms with E-state index in [1.807, 2.05) is 30.3 Å². The first-order valence-corrected chi connectivity index (χ1v) is 10.2. The maximum atomic E-state index is 13.0. The normalized spacial score (nSPS) is 18.2. The largest absolute Gasteiger partial charge is 0.359 e. The summed E-state index contributed by atoms with van der Waals surface area (Å²) in [4.78, 5) is 31.9. The number of aromatic nitrogens is 1. The molecule has 3 aromatic rings. The van der Waals surface area contributed by atoms with Crippen molar-refractivity contribution in [2.45, 2.75) is 12.8 Å². The predicted molar refractivity (Wildman–Crippen MR) is 117 cm³/mol. The molecule has 1 N–H and O–H groups in total. The van der Waals surface area contributed by atoms with Gasteiger partial charge in [-0.3, -0.25) is 14.6 Å². The van der Waals surface area contributed by atoms with Crippen LogP contribution < -0.4 is 5.32 Å². The van der Waals surface area contributed by atoms with E-state index in [0.717, 1.165) is 16.7 Å². The van der Waals surface area contributed by atoms with Gasteiger partial charge in [-0.05, 0) is 41.7 Å². The third-order valence-corrected chi connectivity index (χ3v) is 5.86. The van der Waals surface area contributed by atoms with Gasteiger partial charge in [0, 0.05) is 26.3 Å². The molecule has 4 rings (SSSR count). The molecule has 2 heterocycles. The number of nitrogens with one attached hydrogen (secondary N) is 1. The summed E-state index contributed by atoms with van der Waals surface area (Å²) in [6, 6.07) is 23.7. The minimum Gasteiger partial charge on any atom is -0.359 e. The topological polar surface area (TPSA) is 62.3 Å². The van der Waals surface area contributed by atoms with E-state index >= 15 is 0 Å². The maximum Gasteiger partial charge on any atom is 0.272 e. The molecule has 0 radical (unpaired) electrons. The third-order valence-electron chi connectivity index (χ3n) is 5.86. The Balaban J connectivity index is 1.64. The molecule has 0 saturated carbocycles. The monoisotopic (exact) mass is 399 g/mol. The molecule has 5 heteroatoms. The molecule has 1 aliphatic rings. The standard InChI is InChI=1S/C25H25N3O2/c1-26-24(30)25(14-16-28(18-25)23(29)22-13-7-8-15-27-22)17-20-11-5-6-12-21(20)19-9-3-2-4-10-19/h2-13,15H,14,16-18H2,1H3,(H,26,30)/t25-/m1/s1. The SMILES string of the molecule is CNC(=O)[C@@]1(Cc2ccccc2-c2ccccc2)CCN(C(=O)c2ccccn2)C1. The molecule has 30 heavy (non-hydrogen) atoms. The van der Waals surface area contributed by atoms with Gasteiger partial charge in [0.15, 0.2) is 0 Å². The lowest BCUT2D eigenvalue weighted by Gasteiger charge is -2.28. The molecule has 0 aliphatic carbocycles. The van der Waals surface area contributed by atoms with Crippen LogP contribution >= 0.6 is 0 Å². The number of carbonyl (C=O) groups is 2. The van der Waals surface area contributed by atoms with E-state index in [-0.39, 0.29) is 11.8 Å². The maximum absolute atomic E-state index is 13.0. The Morgan fingerprint density at radius 2 is 1.73 bits per heavy atom. The first-order chi connectivity index (χ1) is 14.6. The van der Waals surface area contributed by atoms with E-state index in [4.69, 9.17) is 0 Å². The fourth-order valence-corrected chi connectivity index (χ4v) is 4.31. The lowest BCUT2D eigenvalue weighted by atomic mass is 9.78. The Bertz CT molecular complexity index is 1040. The van der Waals surface area contributed by atoms with Gasteiger partial charge < -0.3 is 10.2 Å². The minimum absolute atomic E-state index is 0.0262. The van der Waals surface area contributed by atoms with Gasteiger partial charge in [-0.25, -0.2) is 0 Å². The van der Waals surface area contributed by atoms with Gasteiger partial charge in [-0.1, -0.05) is 60.7 Å². The van der Waals surface area contributed by atoms with Crippen molar-refractivity contribution in [3.63, 3.8) is 0 Å². The number of pyridine rings is 1.